The summed E-state index contributed by atoms with van der Waals surface area (Å²) in [5.74, 6) is -1.15. The molecule has 0 spiro atoms. The molecule has 0 aliphatic rings. The van der Waals surface area contributed by atoms with Crippen LogP contribution in [0, 0.1) is 0 Å². The van der Waals surface area contributed by atoms with Crippen molar-refractivity contribution in [2.24, 2.45) is 5.73 Å². The third kappa shape index (κ3) is 3.84. The predicted octanol–water partition coefficient (Wildman–Crippen LogP) is 2.43. The number of ether oxygens (including phenoxy) is 1. The highest BCUT2D eigenvalue weighted by atomic mass is 79.9. The highest BCUT2D eigenvalue weighted by molar-refractivity contribution is 9.10. The Kier molecular flexibility index (Phi) is 4.81. The van der Waals surface area contributed by atoms with Gasteiger partial charge in [0.2, 0.25) is 0 Å². The van der Waals surface area contributed by atoms with E-state index in [2.05, 4.69) is 15.9 Å². The lowest BCUT2D eigenvalue weighted by atomic mass is 10.0. The number of aliphatic carboxylic acids is 1. The van der Waals surface area contributed by atoms with Gasteiger partial charge in [0.25, 0.3) is 0 Å². The van der Waals surface area contributed by atoms with Crippen LogP contribution in [0.15, 0.2) is 16.6 Å². The molecule has 0 aliphatic heterocycles. The molecule has 0 aliphatic carbocycles. The summed E-state index contributed by atoms with van der Waals surface area (Å²) < 4.78 is 43.1. The van der Waals surface area contributed by atoms with Crippen LogP contribution in [0.1, 0.15) is 11.1 Å². The van der Waals surface area contributed by atoms with Crippen LogP contribution < -0.4 is 10.5 Å². The monoisotopic (exact) mass is 341 g/mol. The number of methoxy groups -OCH3 is 1. The van der Waals surface area contributed by atoms with Gasteiger partial charge < -0.3 is 15.6 Å². The molecule has 4 nitrogen and oxygen atoms in total. The van der Waals surface area contributed by atoms with Crippen molar-refractivity contribution in [1.29, 1.82) is 0 Å². The molecule has 1 atom stereocenters. The van der Waals surface area contributed by atoms with Gasteiger partial charge in [0.15, 0.2) is 0 Å². The maximum Gasteiger partial charge on any atom is 0.416 e. The third-order valence-corrected chi connectivity index (χ3v) is 3.00. The second-order valence-corrected chi connectivity index (χ2v) is 4.65. The highest BCUT2D eigenvalue weighted by Gasteiger charge is 2.32. The van der Waals surface area contributed by atoms with Crippen molar-refractivity contribution in [1.82, 2.24) is 0 Å². The lowest BCUT2D eigenvalue weighted by Crippen LogP contribution is -2.32. The first-order chi connectivity index (χ1) is 8.66. The standard InChI is InChI=1S/C11H11BrF3NO3/c1-19-9-5(3-8(16)10(17)18)2-6(4-7(9)12)11(13,14)15/h2,4,8H,3,16H2,1H3,(H,17,18). The molecule has 0 amide bonds. The van der Waals surface area contributed by atoms with Gasteiger partial charge in [-0.15, -0.1) is 0 Å². The van der Waals surface area contributed by atoms with Gasteiger partial charge in [-0.25, -0.2) is 0 Å². The zero-order valence-electron chi connectivity index (χ0n) is 9.79. The molecule has 0 saturated heterocycles. The lowest BCUT2D eigenvalue weighted by molar-refractivity contribution is -0.138. The minimum atomic E-state index is -4.53. The van der Waals surface area contributed by atoms with E-state index in [9.17, 15) is 18.0 Å². The van der Waals surface area contributed by atoms with E-state index in [0.29, 0.717) is 0 Å². The Morgan fingerprint density at radius 2 is 2.11 bits per heavy atom. The summed E-state index contributed by atoms with van der Waals surface area (Å²) in [5, 5.41) is 8.71. The Bertz CT molecular complexity index is 491. The molecule has 0 bridgehead atoms. The lowest BCUT2D eigenvalue weighted by Gasteiger charge is -2.16. The van der Waals surface area contributed by atoms with E-state index in [1.807, 2.05) is 0 Å². The topological polar surface area (TPSA) is 72.5 Å². The number of hydrogen-bond donors (Lipinski definition) is 2. The summed E-state index contributed by atoms with van der Waals surface area (Å²) >= 11 is 2.96. The number of hydrogen-bond acceptors (Lipinski definition) is 3. The van der Waals surface area contributed by atoms with E-state index in [4.69, 9.17) is 15.6 Å². The minimum absolute atomic E-state index is 0.0825. The van der Waals surface area contributed by atoms with Gasteiger partial charge in [-0.1, -0.05) is 0 Å². The molecule has 0 aromatic heterocycles. The fraction of sp³-hybridized carbons (Fsp3) is 0.364. The molecule has 1 aromatic carbocycles. The molecule has 0 fully saturated rings. The molecule has 3 N–H and O–H groups in total. The Morgan fingerprint density at radius 3 is 2.53 bits per heavy atom. The normalized spacial score (nSPS) is 13.2. The summed E-state index contributed by atoms with van der Waals surface area (Å²) in [6, 6.07) is 0.408. The van der Waals surface area contributed by atoms with Crippen molar-refractivity contribution < 1.29 is 27.8 Å². The van der Waals surface area contributed by atoms with Crippen LogP contribution in [0.25, 0.3) is 0 Å². The summed E-state index contributed by atoms with van der Waals surface area (Å²) in [7, 11) is 1.28. The number of carbonyl (C=O) groups is 1. The maximum absolute atomic E-state index is 12.7. The number of nitrogens with two attached hydrogens (primary N) is 1. The van der Waals surface area contributed by atoms with Gasteiger partial charge in [0, 0.05) is 6.42 Å². The maximum atomic E-state index is 12.7. The van der Waals surface area contributed by atoms with Gasteiger partial charge >= 0.3 is 12.1 Å². The second kappa shape index (κ2) is 5.79. The van der Waals surface area contributed by atoms with Crippen LogP contribution in [0.4, 0.5) is 13.2 Å². The number of rotatable bonds is 4. The quantitative estimate of drug-likeness (QED) is 0.882. The SMILES string of the molecule is COc1c(Br)cc(C(F)(F)F)cc1CC(N)C(=O)O. The van der Waals surface area contributed by atoms with Crippen LogP contribution in [0.3, 0.4) is 0 Å². The van der Waals surface area contributed by atoms with E-state index in [-0.39, 0.29) is 22.2 Å². The van der Waals surface area contributed by atoms with Gasteiger partial charge in [-0.05, 0) is 33.6 Å². The molecule has 1 aromatic rings. The van der Waals surface area contributed by atoms with Crippen molar-refractivity contribution in [3.05, 3.63) is 27.7 Å². The minimum Gasteiger partial charge on any atom is -0.495 e. The summed E-state index contributed by atoms with van der Waals surface area (Å²) in [6.07, 6.45) is -4.79. The van der Waals surface area contributed by atoms with Gasteiger partial charge in [0.05, 0.1) is 17.1 Å². The van der Waals surface area contributed by atoms with Crippen molar-refractivity contribution in [2.75, 3.05) is 7.11 Å². The van der Waals surface area contributed by atoms with Gasteiger partial charge in [-0.3, -0.25) is 4.79 Å². The molecule has 0 heterocycles. The Balaban J connectivity index is 3.27. The molecule has 106 valence electrons. The zero-order valence-corrected chi connectivity index (χ0v) is 11.4. The molecule has 1 unspecified atom stereocenters. The van der Waals surface area contributed by atoms with Crippen LogP contribution in [0.5, 0.6) is 5.75 Å². The van der Waals surface area contributed by atoms with E-state index in [1.165, 1.54) is 7.11 Å². The molecular formula is C11H11BrF3NO3. The van der Waals surface area contributed by atoms with Crippen molar-refractivity contribution >= 4 is 21.9 Å². The van der Waals surface area contributed by atoms with Crippen molar-refractivity contribution in [3.8, 4) is 5.75 Å². The average Bonchev–Trinajstić information content (AvgIpc) is 2.27. The van der Waals surface area contributed by atoms with Gasteiger partial charge in [-0.2, -0.15) is 13.2 Å². The first kappa shape index (κ1) is 15.8. The fourth-order valence-electron chi connectivity index (χ4n) is 1.52. The van der Waals surface area contributed by atoms with Gasteiger partial charge in [0.1, 0.15) is 11.8 Å². The first-order valence-electron chi connectivity index (χ1n) is 5.08. The van der Waals surface area contributed by atoms with Crippen molar-refractivity contribution in [2.45, 2.75) is 18.6 Å². The number of benzene rings is 1. The average molecular weight is 342 g/mol. The van der Waals surface area contributed by atoms with E-state index in [0.717, 1.165) is 12.1 Å². The Morgan fingerprint density at radius 1 is 1.53 bits per heavy atom. The Labute approximate surface area is 115 Å². The van der Waals surface area contributed by atoms with E-state index >= 15 is 0 Å². The molecular weight excluding hydrogens is 331 g/mol. The zero-order chi connectivity index (χ0) is 14.8. The summed E-state index contributed by atoms with van der Waals surface area (Å²) in [6.45, 7) is 0. The number of carboxylic acids is 1. The number of halogens is 4. The largest absolute Gasteiger partial charge is 0.495 e. The second-order valence-electron chi connectivity index (χ2n) is 3.80. The third-order valence-electron chi connectivity index (χ3n) is 2.41. The summed E-state index contributed by atoms with van der Waals surface area (Å²) in [5.41, 5.74) is 4.52. The molecule has 0 radical (unpaired) electrons. The fourth-order valence-corrected chi connectivity index (χ4v) is 2.18. The molecule has 19 heavy (non-hydrogen) atoms. The van der Waals surface area contributed by atoms with Crippen LogP contribution in [0.2, 0.25) is 0 Å². The first-order valence-corrected chi connectivity index (χ1v) is 5.88. The summed E-state index contributed by atoms with van der Waals surface area (Å²) in [4.78, 5) is 10.7. The van der Waals surface area contributed by atoms with E-state index in [1.54, 1.807) is 0 Å². The molecule has 1 rings (SSSR count). The molecule has 0 saturated carbocycles. The van der Waals surface area contributed by atoms with Crippen LogP contribution in [-0.4, -0.2) is 24.2 Å². The van der Waals surface area contributed by atoms with Crippen LogP contribution >= 0.6 is 15.9 Å². The van der Waals surface area contributed by atoms with Crippen molar-refractivity contribution in [3.63, 3.8) is 0 Å². The van der Waals surface area contributed by atoms with Crippen LogP contribution in [-0.2, 0) is 17.4 Å². The number of carboxylic acid groups (broad SMARTS) is 1. The number of alkyl halides is 3. The molecule has 8 heteroatoms. The highest BCUT2D eigenvalue weighted by Crippen LogP contribution is 2.37. The smallest absolute Gasteiger partial charge is 0.416 e. The Hall–Kier alpha value is -1.28. The predicted molar refractivity (Wildman–Crippen MR) is 65.0 cm³/mol. The van der Waals surface area contributed by atoms with E-state index < -0.39 is 23.8 Å².